The molecule has 1 aliphatic carbocycles. The zero-order chi connectivity index (χ0) is 19.6. The molecule has 27 heavy (non-hydrogen) atoms. The number of morpholine rings is 1. The molecule has 2 aliphatic rings. The number of carbonyl (C=O) groups is 2. The minimum atomic E-state index is -1.81. The van der Waals surface area contributed by atoms with Crippen molar-refractivity contribution >= 4 is 29.0 Å². The van der Waals surface area contributed by atoms with Crippen molar-refractivity contribution in [2.45, 2.75) is 12.5 Å². The van der Waals surface area contributed by atoms with Crippen LogP contribution in [0.5, 0.6) is 0 Å². The van der Waals surface area contributed by atoms with E-state index >= 15 is 4.39 Å². The Morgan fingerprint density at radius 2 is 2.07 bits per heavy atom. The van der Waals surface area contributed by atoms with Gasteiger partial charge in [0.1, 0.15) is 11.2 Å². The Morgan fingerprint density at radius 3 is 2.70 bits per heavy atom. The fourth-order valence-corrected chi connectivity index (χ4v) is 4.01. The van der Waals surface area contributed by atoms with Crippen molar-refractivity contribution in [1.82, 2.24) is 4.90 Å². The molecule has 1 fully saturated rings. The first-order valence-corrected chi connectivity index (χ1v) is 8.92. The molecule has 142 valence electrons. The van der Waals surface area contributed by atoms with E-state index in [4.69, 9.17) is 22.1 Å². The molecule has 1 unspecified atom stereocenters. The molecule has 0 spiro atoms. The average Bonchev–Trinajstić information content (AvgIpc) is 2.70. The molecule has 1 aromatic rings. The van der Waals surface area contributed by atoms with Crippen LogP contribution < -0.4 is 5.73 Å². The number of primary amides is 1. The smallest absolute Gasteiger partial charge is 0.246 e. The molecule has 0 saturated carbocycles. The molecular weight excluding hydrogens is 371 g/mol. The summed E-state index contributed by atoms with van der Waals surface area (Å²) >= 11 is 6.18. The highest BCUT2D eigenvalue weighted by atomic mass is 35.5. The molecule has 0 radical (unpaired) electrons. The molecule has 1 aromatic carbocycles. The lowest BCUT2D eigenvalue weighted by atomic mass is 9.69. The first-order valence-electron chi connectivity index (χ1n) is 8.54. The van der Waals surface area contributed by atoms with Gasteiger partial charge in [-0.05, 0) is 29.7 Å². The molecular formula is C20H20ClFN2O3. The van der Waals surface area contributed by atoms with Crippen LogP contribution in [-0.2, 0) is 14.3 Å². The van der Waals surface area contributed by atoms with Crippen LogP contribution in [0.15, 0.2) is 59.9 Å². The number of halogens is 2. The van der Waals surface area contributed by atoms with E-state index in [1.807, 2.05) is 30.3 Å². The second-order valence-electron chi connectivity index (χ2n) is 6.54. The highest BCUT2D eigenvalue weighted by Gasteiger charge is 2.55. The van der Waals surface area contributed by atoms with E-state index in [1.165, 1.54) is 11.0 Å². The van der Waals surface area contributed by atoms with Crippen molar-refractivity contribution in [3.63, 3.8) is 0 Å². The van der Waals surface area contributed by atoms with Gasteiger partial charge in [-0.3, -0.25) is 9.59 Å². The summed E-state index contributed by atoms with van der Waals surface area (Å²) in [6.07, 6.45) is 2.60. The van der Waals surface area contributed by atoms with Crippen molar-refractivity contribution in [3.8, 4) is 0 Å². The molecule has 1 saturated heterocycles. The van der Waals surface area contributed by atoms with E-state index in [9.17, 15) is 9.59 Å². The van der Waals surface area contributed by atoms with E-state index in [2.05, 4.69) is 6.58 Å². The van der Waals surface area contributed by atoms with Crippen LogP contribution in [0, 0.1) is 5.41 Å². The fraction of sp³-hybridized carbons (Fsp3) is 0.300. The van der Waals surface area contributed by atoms with Gasteiger partial charge in [-0.25, -0.2) is 4.39 Å². The molecule has 1 aliphatic heterocycles. The summed E-state index contributed by atoms with van der Waals surface area (Å²) in [5.74, 6) is -2.14. The molecule has 2 N–H and O–H groups in total. The van der Waals surface area contributed by atoms with Crippen LogP contribution in [-0.4, -0.2) is 42.5 Å². The fourth-order valence-electron chi connectivity index (χ4n) is 3.71. The Balaban J connectivity index is 2.13. The zero-order valence-electron chi connectivity index (χ0n) is 14.7. The number of nitrogens with two attached hydrogens (primary N) is 1. The third kappa shape index (κ3) is 3.31. The van der Waals surface area contributed by atoms with Gasteiger partial charge in [0.2, 0.25) is 11.8 Å². The number of carbonyl (C=O) groups excluding carboxylic acids is 2. The second kappa shape index (κ2) is 7.66. The normalized spacial score (nSPS) is 25.8. The summed E-state index contributed by atoms with van der Waals surface area (Å²) < 4.78 is 20.8. The SMILES string of the molecule is C=CC(=O)N1CCOCC1[C@@]1(C(N)=O)CC(c2ccccc2)=CC(Cl)=C1F. The van der Waals surface area contributed by atoms with Crippen molar-refractivity contribution in [3.05, 3.63) is 65.5 Å². The first kappa shape index (κ1) is 19.3. The van der Waals surface area contributed by atoms with Gasteiger partial charge in [0.15, 0.2) is 0 Å². The maximum Gasteiger partial charge on any atom is 0.246 e. The van der Waals surface area contributed by atoms with Gasteiger partial charge in [0.25, 0.3) is 0 Å². The Labute approximate surface area is 161 Å². The van der Waals surface area contributed by atoms with E-state index in [0.717, 1.165) is 11.6 Å². The number of amides is 2. The summed E-state index contributed by atoms with van der Waals surface area (Å²) in [7, 11) is 0. The molecule has 0 aromatic heterocycles. The summed E-state index contributed by atoms with van der Waals surface area (Å²) in [4.78, 5) is 26.3. The maximum atomic E-state index is 15.3. The number of ether oxygens (including phenoxy) is 1. The number of hydrogen-bond acceptors (Lipinski definition) is 3. The summed E-state index contributed by atoms with van der Waals surface area (Å²) in [6.45, 7) is 3.95. The minimum Gasteiger partial charge on any atom is -0.377 e. The van der Waals surface area contributed by atoms with Gasteiger partial charge in [-0.2, -0.15) is 0 Å². The third-order valence-electron chi connectivity index (χ3n) is 5.11. The van der Waals surface area contributed by atoms with E-state index < -0.39 is 29.1 Å². The quantitative estimate of drug-likeness (QED) is 0.803. The monoisotopic (exact) mass is 390 g/mol. The minimum absolute atomic E-state index is 0.0245. The highest BCUT2D eigenvalue weighted by molar-refractivity contribution is 6.32. The Morgan fingerprint density at radius 1 is 1.37 bits per heavy atom. The lowest BCUT2D eigenvalue weighted by molar-refractivity contribution is -0.147. The standard InChI is InChI=1S/C20H20ClFN2O3/c1-2-17(25)24-8-9-27-12-16(24)20(19(23)26)11-14(10-15(21)18(20)22)13-6-4-3-5-7-13/h2-7,10,16H,1,8-9,11-12H2,(H2,23,26)/t16?,20-/m0/s1. The number of allylic oxidation sites excluding steroid dienone is 3. The molecule has 0 bridgehead atoms. The summed E-state index contributed by atoms with van der Waals surface area (Å²) in [6, 6.07) is 8.29. The van der Waals surface area contributed by atoms with Crippen molar-refractivity contribution < 1.29 is 18.7 Å². The average molecular weight is 391 g/mol. The highest BCUT2D eigenvalue weighted by Crippen LogP contribution is 2.49. The molecule has 2 atom stereocenters. The van der Waals surface area contributed by atoms with Crippen LogP contribution in [0.2, 0.25) is 0 Å². The van der Waals surface area contributed by atoms with Crippen LogP contribution in [0.4, 0.5) is 4.39 Å². The number of rotatable bonds is 4. The lowest BCUT2D eigenvalue weighted by Crippen LogP contribution is -2.61. The predicted octanol–water partition coefficient (Wildman–Crippen LogP) is 2.78. The Kier molecular flexibility index (Phi) is 5.48. The molecule has 5 nitrogen and oxygen atoms in total. The molecule has 3 rings (SSSR count). The van der Waals surface area contributed by atoms with Crippen molar-refractivity contribution in [1.29, 1.82) is 0 Å². The summed E-state index contributed by atoms with van der Waals surface area (Å²) in [5, 5.41) is -0.199. The largest absolute Gasteiger partial charge is 0.377 e. The van der Waals surface area contributed by atoms with Crippen molar-refractivity contribution in [2.75, 3.05) is 19.8 Å². The van der Waals surface area contributed by atoms with Gasteiger partial charge in [-0.15, -0.1) is 0 Å². The van der Waals surface area contributed by atoms with Gasteiger partial charge in [0.05, 0.1) is 24.3 Å². The van der Waals surface area contributed by atoms with Gasteiger partial charge < -0.3 is 15.4 Å². The van der Waals surface area contributed by atoms with E-state index in [0.29, 0.717) is 5.57 Å². The van der Waals surface area contributed by atoms with Crippen LogP contribution in [0.3, 0.4) is 0 Å². The van der Waals surface area contributed by atoms with Crippen LogP contribution >= 0.6 is 11.6 Å². The van der Waals surface area contributed by atoms with Crippen LogP contribution in [0.25, 0.3) is 5.57 Å². The topological polar surface area (TPSA) is 72.6 Å². The van der Waals surface area contributed by atoms with Crippen LogP contribution in [0.1, 0.15) is 12.0 Å². The second-order valence-corrected chi connectivity index (χ2v) is 6.94. The van der Waals surface area contributed by atoms with E-state index in [1.54, 1.807) is 0 Å². The summed E-state index contributed by atoms with van der Waals surface area (Å²) in [5.41, 5.74) is 5.36. The first-order chi connectivity index (χ1) is 12.9. The zero-order valence-corrected chi connectivity index (χ0v) is 15.4. The van der Waals surface area contributed by atoms with Crippen molar-refractivity contribution in [2.24, 2.45) is 11.1 Å². The van der Waals surface area contributed by atoms with Gasteiger partial charge in [-0.1, -0.05) is 48.5 Å². The number of hydrogen-bond donors (Lipinski definition) is 1. The molecule has 7 heteroatoms. The Bertz CT molecular complexity index is 837. The maximum absolute atomic E-state index is 15.3. The van der Waals surface area contributed by atoms with Gasteiger partial charge >= 0.3 is 0 Å². The lowest BCUT2D eigenvalue weighted by Gasteiger charge is -2.46. The van der Waals surface area contributed by atoms with Gasteiger partial charge in [0, 0.05) is 6.54 Å². The predicted molar refractivity (Wildman–Crippen MR) is 101 cm³/mol. The molecule has 1 heterocycles. The number of nitrogens with zero attached hydrogens (tertiary/aromatic N) is 1. The third-order valence-corrected chi connectivity index (χ3v) is 5.39. The Hall–Kier alpha value is -2.44. The molecule has 2 amide bonds. The van der Waals surface area contributed by atoms with E-state index in [-0.39, 0.29) is 31.2 Å². The number of benzene rings is 1.